The number of nitrogens with zero attached hydrogens (tertiary/aromatic N) is 4. The van der Waals surface area contributed by atoms with Gasteiger partial charge in [0.15, 0.2) is 11.9 Å². The standard InChI is InChI=1S/C17H18ClN5O2/c18-13-1-2-15-14(3-13)20-16(25-15)12(5-24)4-19-17-6-21-9-22(7-17)11-23(8-17)10-21/h1-5,19H,6-11H2/b12-4+. The molecule has 0 saturated carbocycles. The summed E-state index contributed by atoms with van der Waals surface area (Å²) in [5.41, 5.74) is 1.61. The lowest BCUT2D eigenvalue weighted by Crippen LogP contribution is -2.79. The van der Waals surface area contributed by atoms with Crippen LogP contribution in [0.4, 0.5) is 0 Å². The van der Waals surface area contributed by atoms with Crippen LogP contribution in [-0.2, 0) is 4.79 Å². The van der Waals surface area contributed by atoms with E-state index in [-0.39, 0.29) is 5.54 Å². The van der Waals surface area contributed by atoms with E-state index < -0.39 is 0 Å². The Balaban J connectivity index is 1.43. The first kappa shape index (κ1) is 15.3. The minimum atomic E-state index is -0.0572. The number of halogens is 1. The minimum Gasteiger partial charge on any atom is -0.436 e. The molecule has 4 saturated heterocycles. The summed E-state index contributed by atoms with van der Waals surface area (Å²) in [5.74, 6) is 0.311. The van der Waals surface area contributed by atoms with Crippen molar-refractivity contribution >= 4 is 34.6 Å². The summed E-state index contributed by atoms with van der Waals surface area (Å²) in [6, 6.07) is 5.23. The van der Waals surface area contributed by atoms with Crippen molar-refractivity contribution < 1.29 is 9.21 Å². The Morgan fingerprint density at radius 2 is 1.88 bits per heavy atom. The Morgan fingerprint density at radius 1 is 1.20 bits per heavy atom. The number of hydrogen-bond donors (Lipinski definition) is 1. The number of hydrogen-bond acceptors (Lipinski definition) is 7. The Labute approximate surface area is 149 Å². The van der Waals surface area contributed by atoms with Gasteiger partial charge in [-0.1, -0.05) is 11.6 Å². The Bertz CT molecular complexity index is 842. The van der Waals surface area contributed by atoms with Gasteiger partial charge in [0, 0.05) is 30.9 Å². The number of allylic oxidation sites excluding steroid dienone is 1. The van der Waals surface area contributed by atoms with Crippen molar-refractivity contribution in [1.29, 1.82) is 0 Å². The molecule has 6 rings (SSSR count). The van der Waals surface area contributed by atoms with Gasteiger partial charge in [-0.05, 0) is 18.2 Å². The van der Waals surface area contributed by atoms with Crippen LogP contribution in [0.15, 0.2) is 28.8 Å². The Kier molecular flexibility index (Phi) is 3.40. The molecule has 2 aromatic rings. The van der Waals surface area contributed by atoms with Crippen LogP contribution in [0.25, 0.3) is 16.7 Å². The number of rotatable bonds is 4. The van der Waals surface area contributed by atoms with Gasteiger partial charge in [0.2, 0.25) is 5.89 Å². The second kappa shape index (κ2) is 5.54. The second-order valence-electron chi connectivity index (χ2n) is 7.18. The van der Waals surface area contributed by atoms with Crippen LogP contribution >= 0.6 is 11.6 Å². The van der Waals surface area contributed by atoms with Crippen LogP contribution in [0.5, 0.6) is 0 Å². The van der Waals surface area contributed by atoms with E-state index in [2.05, 4.69) is 25.0 Å². The van der Waals surface area contributed by atoms with Gasteiger partial charge in [0.1, 0.15) is 5.52 Å². The van der Waals surface area contributed by atoms with Crippen LogP contribution < -0.4 is 5.32 Å². The molecule has 25 heavy (non-hydrogen) atoms. The molecule has 7 nitrogen and oxygen atoms in total. The molecule has 130 valence electrons. The highest BCUT2D eigenvalue weighted by Gasteiger charge is 2.48. The van der Waals surface area contributed by atoms with Gasteiger partial charge in [-0.2, -0.15) is 0 Å². The Morgan fingerprint density at radius 3 is 2.52 bits per heavy atom. The molecule has 1 N–H and O–H groups in total. The lowest BCUT2D eigenvalue weighted by molar-refractivity contribution is -0.146. The molecule has 4 bridgehead atoms. The SMILES string of the molecule is O=C/C(=C\NC12CN3CN(CN(C3)C1)C2)c1nc2cc(Cl)ccc2o1. The number of carbonyl (C=O) groups excluding carboxylic acids is 1. The fourth-order valence-electron chi connectivity index (χ4n) is 4.25. The highest BCUT2D eigenvalue weighted by Crippen LogP contribution is 2.29. The van der Waals surface area contributed by atoms with Crippen molar-refractivity contribution in [3.05, 3.63) is 35.3 Å². The van der Waals surface area contributed by atoms with Crippen molar-refractivity contribution in [2.75, 3.05) is 39.6 Å². The molecule has 8 heteroatoms. The molecular weight excluding hydrogens is 342 g/mol. The van der Waals surface area contributed by atoms with Crippen LogP contribution in [0.1, 0.15) is 5.89 Å². The minimum absolute atomic E-state index is 0.0572. The summed E-state index contributed by atoms with van der Waals surface area (Å²) in [7, 11) is 0. The third-order valence-electron chi connectivity index (χ3n) is 5.04. The molecule has 4 aliphatic rings. The first-order valence-corrected chi connectivity index (χ1v) is 8.67. The van der Waals surface area contributed by atoms with Gasteiger partial charge >= 0.3 is 0 Å². The fraction of sp³-hybridized carbons (Fsp3) is 0.412. The highest BCUT2D eigenvalue weighted by atomic mass is 35.5. The third kappa shape index (κ3) is 2.64. The zero-order chi connectivity index (χ0) is 17.0. The second-order valence-corrected chi connectivity index (χ2v) is 7.62. The molecule has 4 fully saturated rings. The lowest BCUT2D eigenvalue weighted by Gasteiger charge is -2.60. The van der Waals surface area contributed by atoms with Crippen LogP contribution in [0, 0.1) is 0 Å². The van der Waals surface area contributed by atoms with E-state index in [0.717, 1.165) is 45.9 Å². The number of benzene rings is 1. The molecule has 5 heterocycles. The molecule has 0 radical (unpaired) electrons. The monoisotopic (exact) mass is 359 g/mol. The summed E-state index contributed by atoms with van der Waals surface area (Å²) in [6.07, 6.45) is 2.52. The van der Waals surface area contributed by atoms with E-state index in [0.29, 0.717) is 27.6 Å². The molecule has 0 unspecified atom stereocenters. The zero-order valence-corrected chi connectivity index (χ0v) is 14.4. The van der Waals surface area contributed by atoms with Gasteiger partial charge in [-0.3, -0.25) is 19.5 Å². The maximum absolute atomic E-state index is 11.6. The molecule has 0 amide bonds. The molecule has 0 spiro atoms. The molecule has 4 aliphatic heterocycles. The average Bonchev–Trinajstić information content (AvgIpc) is 2.97. The predicted molar refractivity (Wildman–Crippen MR) is 93.6 cm³/mol. The van der Waals surface area contributed by atoms with Crippen LogP contribution in [-0.4, -0.2) is 71.1 Å². The summed E-state index contributed by atoms with van der Waals surface area (Å²) >= 11 is 5.99. The van der Waals surface area contributed by atoms with Gasteiger partial charge in [0.05, 0.1) is 31.1 Å². The summed E-state index contributed by atoms with van der Waals surface area (Å²) in [4.78, 5) is 23.2. The quantitative estimate of drug-likeness (QED) is 0.649. The summed E-state index contributed by atoms with van der Waals surface area (Å²) in [5, 5.41) is 4.08. The number of aromatic nitrogens is 1. The normalized spacial score (nSPS) is 33.8. The number of nitrogens with one attached hydrogen (secondary N) is 1. The topological polar surface area (TPSA) is 64.9 Å². The first-order chi connectivity index (χ1) is 12.1. The van der Waals surface area contributed by atoms with Gasteiger partial charge < -0.3 is 9.73 Å². The van der Waals surface area contributed by atoms with Gasteiger partial charge in [-0.25, -0.2) is 4.98 Å². The highest BCUT2D eigenvalue weighted by molar-refractivity contribution is 6.31. The zero-order valence-electron chi connectivity index (χ0n) is 13.6. The third-order valence-corrected chi connectivity index (χ3v) is 5.27. The molecule has 1 aromatic carbocycles. The van der Waals surface area contributed by atoms with Crippen molar-refractivity contribution in [3.63, 3.8) is 0 Å². The molecular formula is C17H18ClN5O2. The van der Waals surface area contributed by atoms with Crippen molar-refractivity contribution in [2.24, 2.45) is 0 Å². The van der Waals surface area contributed by atoms with Gasteiger partial charge in [-0.15, -0.1) is 0 Å². The first-order valence-electron chi connectivity index (χ1n) is 8.29. The van der Waals surface area contributed by atoms with E-state index in [4.69, 9.17) is 16.0 Å². The molecule has 0 atom stereocenters. The number of carbonyl (C=O) groups is 1. The lowest BCUT2D eigenvalue weighted by atomic mass is 9.91. The van der Waals surface area contributed by atoms with E-state index >= 15 is 0 Å². The van der Waals surface area contributed by atoms with E-state index in [1.165, 1.54) is 0 Å². The van der Waals surface area contributed by atoms with Crippen molar-refractivity contribution in [3.8, 4) is 0 Å². The average molecular weight is 360 g/mol. The summed E-state index contributed by atoms with van der Waals surface area (Å²) in [6.45, 7) is 6.01. The summed E-state index contributed by atoms with van der Waals surface area (Å²) < 4.78 is 5.71. The van der Waals surface area contributed by atoms with E-state index in [1.54, 1.807) is 24.4 Å². The number of oxazole rings is 1. The van der Waals surface area contributed by atoms with Gasteiger partial charge in [0.25, 0.3) is 0 Å². The van der Waals surface area contributed by atoms with Crippen molar-refractivity contribution in [2.45, 2.75) is 5.54 Å². The predicted octanol–water partition coefficient (Wildman–Crippen LogP) is 1.17. The fourth-order valence-corrected chi connectivity index (χ4v) is 4.42. The molecule has 1 aromatic heterocycles. The van der Waals surface area contributed by atoms with Crippen LogP contribution in [0.3, 0.4) is 0 Å². The maximum atomic E-state index is 11.6. The maximum Gasteiger partial charge on any atom is 0.232 e. The number of aldehydes is 1. The smallest absolute Gasteiger partial charge is 0.232 e. The largest absolute Gasteiger partial charge is 0.436 e. The van der Waals surface area contributed by atoms with Crippen molar-refractivity contribution in [1.82, 2.24) is 25.0 Å². The van der Waals surface area contributed by atoms with E-state index in [1.807, 2.05) is 0 Å². The van der Waals surface area contributed by atoms with Crippen LogP contribution in [0.2, 0.25) is 5.02 Å². The Hall–Kier alpha value is -1.93. The number of fused-ring (bicyclic) bond motifs is 1. The molecule has 0 aliphatic carbocycles. The van der Waals surface area contributed by atoms with E-state index in [9.17, 15) is 4.79 Å².